The van der Waals surface area contributed by atoms with E-state index in [1.807, 2.05) is 48.5 Å². The monoisotopic (exact) mass is 1040 g/mol. The Morgan fingerprint density at radius 3 is 1.23 bits per heavy atom. The number of nitrogens with zero attached hydrogens (tertiary/aromatic N) is 4. The number of hydrogen-bond donors (Lipinski definition) is 0. The van der Waals surface area contributed by atoms with Crippen molar-refractivity contribution < 1.29 is 8.83 Å². The lowest BCUT2D eigenvalue weighted by Gasteiger charge is -2.34. The molecule has 0 saturated heterocycles. The van der Waals surface area contributed by atoms with Gasteiger partial charge in [-0.05, 0) is 183 Å². The summed E-state index contributed by atoms with van der Waals surface area (Å²) in [5.74, 6) is 1.28. The molecule has 0 aliphatic heterocycles. The van der Waals surface area contributed by atoms with Crippen molar-refractivity contribution in [1.82, 2.24) is 9.97 Å². The van der Waals surface area contributed by atoms with Crippen molar-refractivity contribution >= 4 is 56.2 Å². The molecule has 3 aliphatic carbocycles. The molecule has 2 heterocycles. The van der Waals surface area contributed by atoms with Crippen LogP contribution in [0, 0.1) is 0 Å². The molecule has 382 valence electrons. The van der Waals surface area contributed by atoms with E-state index in [4.69, 9.17) is 18.8 Å². The molecule has 0 radical (unpaired) electrons. The third kappa shape index (κ3) is 7.63. The summed E-state index contributed by atoms with van der Waals surface area (Å²) in [7, 11) is 0. The van der Waals surface area contributed by atoms with E-state index in [-0.39, 0.29) is 0 Å². The molecule has 16 rings (SSSR count). The average Bonchev–Trinajstić information content (AvgIpc) is 4.47. The smallest absolute Gasteiger partial charge is 0.227 e. The van der Waals surface area contributed by atoms with Crippen LogP contribution in [0.1, 0.15) is 41.0 Å². The van der Waals surface area contributed by atoms with E-state index in [9.17, 15) is 0 Å². The molecule has 0 saturated carbocycles. The molecule has 13 aromatic rings. The highest BCUT2D eigenvalue weighted by Crippen LogP contribution is 2.64. The topological polar surface area (TPSA) is 58.5 Å². The van der Waals surface area contributed by atoms with Crippen LogP contribution in [0.3, 0.4) is 0 Å². The van der Waals surface area contributed by atoms with Crippen molar-refractivity contribution in [3.05, 3.63) is 313 Å². The molecule has 0 N–H and O–H groups in total. The van der Waals surface area contributed by atoms with Gasteiger partial charge in [0.1, 0.15) is 11.0 Å². The third-order valence-corrected chi connectivity index (χ3v) is 16.7. The number of oxazole rings is 2. The third-order valence-electron chi connectivity index (χ3n) is 16.7. The van der Waals surface area contributed by atoms with Gasteiger partial charge in [-0.15, -0.1) is 0 Å². The highest BCUT2D eigenvalue weighted by Gasteiger charge is 2.52. The lowest BCUT2D eigenvalue weighted by Crippen LogP contribution is -2.27. The van der Waals surface area contributed by atoms with Gasteiger partial charge in [-0.1, -0.05) is 176 Å². The van der Waals surface area contributed by atoms with Crippen LogP contribution in [-0.4, -0.2) is 9.97 Å². The Morgan fingerprint density at radius 2 is 0.716 bits per heavy atom. The van der Waals surface area contributed by atoms with E-state index in [1.54, 1.807) is 0 Å². The lowest BCUT2D eigenvalue weighted by atomic mass is 9.70. The normalized spacial score (nSPS) is 13.6. The number of rotatable bonds is 10. The van der Waals surface area contributed by atoms with Gasteiger partial charge in [-0.2, -0.15) is 0 Å². The Morgan fingerprint density at radius 1 is 0.309 bits per heavy atom. The molecule has 0 fully saturated rings. The van der Waals surface area contributed by atoms with Gasteiger partial charge in [-0.25, -0.2) is 9.97 Å². The Labute approximate surface area is 469 Å². The van der Waals surface area contributed by atoms with Crippen LogP contribution < -0.4 is 9.80 Å². The van der Waals surface area contributed by atoms with Gasteiger partial charge in [0.2, 0.25) is 11.8 Å². The second-order valence-electron chi connectivity index (χ2n) is 21.2. The zero-order chi connectivity index (χ0) is 53.4. The lowest BCUT2D eigenvalue weighted by molar-refractivity contribution is 0.579. The first kappa shape index (κ1) is 46.5. The van der Waals surface area contributed by atoms with Gasteiger partial charge < -0.3 is 18.6 Å². The minimum atomic E-state index is -0.645. The van der Waals surface area contributed by atoms with Crippen LogP contribution in [0.15, 0.2) is 294 Å². The van der Waals surface area contributed by atoms with Crippen molar-refractivity contribution in [3.8, 4) is 56.0 Å². The summed E-state index contributed by atoms with van der Waals surface area (Å²) in [6, 6.07) is 96.2. The fourth-order valence-corrected chi connectivity index (χ4v) is 12.9. The van der Waals surface area contributed by atoms with E-state index < -0.39 is 5.41 Å². The average molecular weight is 1040 g/mol. The molecule has 3 aliphatic rings. The van der Waals surface area contributed by atoms with Gasteiger partial charge >= 0.3 is 0 Å². The van der Waals surface area contributed by atoms with E-state index in [0.717, 1.165) is 80.2 Å². The molecule has 81 heavy (non-hydrogen) atoms. The van der Waals surface area contributed by atoms with Crippen molar-refractivity contribution in [1.29, 1.82) is 0 Å². The summed E-state index contributed by atoms with van der Waals surface area (Å²) in [5, 5.41) is 0. The molecular formula is C75H50N4O2. The van der Waals surface area contributed by atoms with E-state index in [0.29, 0.717) is 11.8 Å². The van der Waals surface area contributed by atoms with Gasteiger partial charge in [0, 0.05) is 45.3 Å². The minimum Gasteiger partial charge on any atom is -0.436 e. The summed E-state index contributed by atoms with van der Waals surface area (Å²) in [4.78, 5) is 14.6. The van der Waals surface area contributed by atoms with E-state index in [1.165, 1.54) is 66.9 Å². The van der Waals surface area contributed by atoms with Crippen molar-refractivity contribution in [3.63, 3.8) is 0 Å². The molecule has 0 unspecified atom stereocenters. The maximum absolute atomic E-state index is 6.31. The zero-order valence-corrected chi connectivity index (χ0v) is 44.1. The van der Waals surface area contributed by atoms with E-state index >= 15 is 0 Å². The molecule has 2 aromatic heterocycles. The van der Waals surface area contributed by atoms with Crippen LogP contribution in [0.5, 0.6) is 0 Å². The Bertz CT molecular complexity index is 4520. The number of fused-ring (bicyclic) bond motifs is 12. The predicted octanol–water partition coefficient (Wildman–Crippen LogP) is 19.7. The molecule has 0 bridgehead atoms. The summed E-state index contributed by atoms with van der Waals surface area (Å²) >= 11 is 0. The fourth-order valence-electron chi connectivity index (χ4n) is 12.9. The fraction of sp³-hybridized carbons (Fsp3) is 0.0400. The van der Waals surface area contributed by atoms with Gasteiger partial charge in [0.05, 0.1) is 5.41 Å². The maximum Gasteiger partial charge on any atom is 0.227 e. The maximum atomic E-state index is 6.31. The highest BCUT2D eigenvalue weighted by atomic mass is 16.4. The minimum absolute atomic E-state index is 0.598. The molecule has 11 aromatic carbocycles. The van der Waals surface area contributed by atoms with Crippen molar-refractivity contribution in [2.45, 2.75) is 18.3 Å². The molecule has 0 atom stereocenters. The van der Waals surface area contributed by atoms with Gasteiger partial charge in [0.25, 0.3) is 0 Å². The Hall–Kier alpha value is -10.6. The summed E-state index contributed by atoms with van der Waals surface area (Å²) in [5.41, 5.74) is 25.9. The number of allylic oxidation sites excluding steroid dienone is 4. The molecule has 1 spiro atoms. The second kappa shape index (κ2) is 18.8. The Kier molecular flexibility index (Phi) is 10.8. The summed E-state index contributed by atoms with van der Waals surface area (Å²) in [6.07, 6.45) is 6.05. The number of hydrogen-bond acceptors (Lipinski definition) is 6. The number of anilines is 5. The van der Waals surface area contributed by atoms with Crippen molar-refractivity contribution in [2.24, 2.45) is 0 Å². The first-order valence-corrected chi connectivity index (χ1v) is 27.7. The number of benzene rings is 11. The molecular weight excluding hydrogens is 989 g/mol. The summed E-state index contributed by atoms with van der Waals surface area (Å²) in [6.45, 7) is 0. The van der Waals surface area contributed by atoms with E-state index in [2.05, 4.69) is 240 Å². The highest BCUT2D eigenvalue weighted by molar-refractivity contribution is 5.98. The van der Waals surface area contributed by atoms with Gasteiger partial charge in [-0.3, -0.25) is 0 Å². The van der Waals surface area contributed by atoms with Crippen molar-refractivity contribution in [2.75, 3.05) is 9.80 Å². The first-order chi connectivity index (χ1) is 40.1. The van der Waals surface area contributed by atoms with Crippen LogP contribution >= 0.6 is 0 Å². The SMILES string of the molecule is C1=C(c2nc3ccccc3o2)CCC(N(c2ccc(-c3ccccc3)cc2)c2ccc3c(c2)C2(c4ccccc4-c4ccccc42)c2cc(N(c4ccc(-c5ccccc5)cc4)c4ccc(-c5nc6ccccc6o5)cc4)ccc2-3)=C1. The molecule has 0 amide bonds. The molecule has 6 nitrogen and oxygen atoms in total. The summed E-state index contributed by atoms with van der Waals surface area (Å²) < 4.78 is 12.6. The van der Waals surface area contributed by atoms with Crippen LogP contribution in [-0.2, 0) is 5.41 Å². The van der Waals surface area contributed by atoms with Gasteiger partial charge in [0.15, 0.2) is 11.2 Å². The van der Waals surface area contributed by atoms with Crippen LogP contribution in [0.2, 0.25) is 0 Å². The standard InChI is InChI=1S/C75H50N4O2/c1-3-15-49(16-4-1)51-27-35-55(36-28-51)78(57-39-31-53(32-40-57)73-76-69-23-11-13-25-71(69)80-73)59-43-45-63-64-46-44-60(48-68(64)75(67(63)47-59)65-21-9-7-19-61(65)62-20-8-10-22-66(62)75)79(56-37-29-52(30-38-56)50-17-5-2-6-18-50)58-41-33-54(34-42-58)74-77-70-24-12-14-26-72(70)81-74/h1-33,35-41,43-48H,34,42H2. The molecule has 6 heteroatoms. The zero-order valence-electron chi connectivity index (χ0n) is 44.1. The van der Waals surface area contributed by atoms with Crippen LogP contribution in [0.25, 0.3) is 83.7 Å². The predicted molar refractivity (Wildman–Crippen MR) is 329 cm³/mol. The first-order valence-electron chi connectivity index (χ1n) is 27.7. The van der Waals surface area contributed by atoms with Crippen LogP contribution in [0.4, 0.5) is 28.4 Å². The second-order valence-corrected chi connectivity index (χ2v) is 21.2. The number of para-hydroxylation sites is 4. The Balaban J connectivity index is 0.867. The number of aromatic nitrogens is 2. The quantitative estimate of drug-likeness (QED) is 0.136. The largest absolute Gasteiger partial charge is 0.436 e.